The molecule has 3 aromatic rings. The second-order valence-electron chi connectivity index (χ2n) is 10.9. The van der Waals surface area contributed by atoms with Gasteiger partial charge in [-0.1, -0.05) is 43.6 Å². The molecule has 0 saturated heterocycles. The monoisotopic (exact) mass is 666 g/mol. The maximum Gasteiger partial charge on any atom is 0.330 e. The minimum Gasteiger partial charge on any atom is -0.491 e. The van der Waals surface area contributed by atoms with Crippen molar-refractivity contribution < 1.29 is 38.7 Å². The van der Waals surface area contributed by atoms with Crippen LogP contribution < -0.4 is 9.47 Å². The average molecular weight is 667 g/mol. The molecule has 0 fully saturated rings. The third kappa shape index (κ3) is 13.0. The first-order valence-electron chi connectivity index (χ1n) is 15.0. The number of hydrogen-bond donors (Lipinski definition) is 2. The molecule has 0 aromatic heterocycles. The van der Waals surface area contributed by atoms with Gasteiger partial charge in [-0.3, -0.25) is 0 Å². The molecule has 0 aliphatic carbocycles. The van der Waals surface area contributed by atoms with Crippen LogP contribution in [0.5, 0.6) is 11.5 Å². The Kier molecular flexibility index (Phi) is 14.7. The average Bonchev–Trinajstić information content (AvgIpc) is 3.05. The lowest BCUT2D eigenvalue weighted by molar-refractivity contribution is -0.143. The van der Waals surface area contributed by atoms with Gasteiger partial charge in [0, 0.05) is 44.6 Å². The molecule has 246 valence electrons. The van der Waals surface area contributed by atoms with Gasteiger partial charge in [-0.15, -0.1) is 0 Å². The molecule has 2 N–H and O–H groups in total. The van der Waals surface area contributed by atoms with Crippen molar-refractivity contribution >= 4 is 35.5 Å². The molecule has 4 atom stereocenters. The second-order valence-corrected chi connectivity index (χ2v) is 13.2. The van der Waals surface area contributed by atoms with Crippen LogP contribution in [0.25, 0.3) is 0 Å². The lowest BCUT2D eigenvalue weighted by Gasteiger charge is -2.31. The van der Waals surface area contributed by atoms with E-state index < -0.39 is 35.9 Å². The van der Waals surface area contributed by atoms with Crippen molar-refractivity contribution in [1.29, 1.82) is 0 Å². The van der Waals surface area contributed by atoms with E-state index in [1.807, 2.05) is 62.4 Å². The third-order valence-electron chi connectivity index (χ3n) is 6.84. The minimum atomic E-state index is -0.846. The van der Waals surface area contributed by atoms with Crippen LogP contribution in [0.2, 0.25) is 0 Å². The fraction of sp³-hybridized carbons (Fsp3) is 0.333. The zero-order valence-corrected chi connectivity index (χ0v) is 28.1. The van der Waals surface area contributed by atoms with Crippen molar-refractivity contribution in [2.75, 3.05) is 13.2 Å². The number of aliphatic hydroxyl groups is 2. The number of carbonyl (C=O) groups is 2. The molecule has 0 aliphatic heterocycles. The first-order valence-corrected chi connectivity index (χ1v) is 16.6. The maximum atomic E-state index is 11.3. The van der Waals surface area contributed by atoms with E-state index in [2.05, 4.69) is 37.4 Å². The van der Waals surface area contributed by atoms with Crippen LogP contribution in [0.15, 0.2) is 118 Å². The van der Waals surface area contributed by atoms with Gasteiger partial charge < -0.3 is 29.2 Å². The van der Waals surface area contributed by atoms with Gasteiger partial charge in [0.15, 0.2) is 0 Å². The molecule has 46 heavy (non-hydrogen) atoms. The van der Waals surface area contributed by atoms with Crippen LogP contribution in [0.3, 0.4) is 0 Å². The molecule has 0 radical (unpaired) electrons. The molecule has 8 nitrogen and oxygen atoms in total. The van der Waals surface area contributed by atoms with Gasteiger partial charge in [0.05, 0.1) is 12.2 Å². The van der Waals surface area contributed by atoms with Crippen molar-refractivity contribution in [1.82, 2.24) is 0 Å². The molecular formula is C36H42O8S2. The molecule has 10 heteroatoms. The normalized spacial score (nSPS) is 14.2. The van der Waals surface area contributed by atoms with Gasteiger partial charge in [-0.2, -0.15) is 0 Å². The fourth-order valence-electron chi connectivity index (χ4n) is 4.30. The summed E-state index contributed by atoms with van der Waals surface area (Å²) in [6.07, 6.45) is 1.36. The predicted octanol–water partition coefficient (Wildman–Crippen LogP) is 7.26. The van der Waals surface area contributed by atoms with Crippen molar-refractivity contribution in [2.24, 2.45) is 0 Å². The first-order chi connectivity index (χ1) is 22.0. The quantitative estimate of drug-likeness (QED) is 0.100. The van der Waals surface area contributed by atoms with E-state index in [1.165, 1.54) is 0 Å². The zero-order chi connectivity index (χ0) is 33.5. The predicted molar refractivity (Wildman–Crippen MR) is 181 cm³/mol. The summed E-state index contributed by atoms with van der Waals surface area (Å²) >= 11 is 3.28. The van der Waals surface area contributed by atoms with Crippen LogP contribution in [0.1, 0.15) is 40.0 Å². The molecule has 0 heterocycles. The van der Waals surface area contributed by atoms with E-state index in [0.29, 0.717) is 24.3 Å². The van der Waals surface area contributed by atoms with Gasteiger partial charge in [0.25, 0.3) is 0 Å². The highest BCUT2D eigenvalue weighted by atomic mass is 32.2. The highest BCUT2D eigenvalue weighted by molar-refractivity contribution is 7.99. The first kappa shape index (κ1) is 36.8. The Hall–Kier alpha value is -3.70. The van der Waals surface area contributed by atoms with E-state index in [-0.39, 0.29) is 19.6 Å². The Bertz CT molecular complexity index is 1410. The van der Waals surface area contributed by atoms with Crippen LogP contribution in [-0.2, 0) is 19.1 Å². The van der Waals surface area contributed by atoms with E-state index >= 15 is 0 Å². The molecule has 0 saturated carbocycles. The Labute approximate surface area is 279 Å². The van der Waals surface area contributed by atoms with Crippen molar-refractivity contribution in [2.45, 2.75) is 83.5 Å². The molecule has 4 unspecified atom stereocenters. The highest BCUT2D eigenvalue weighted by Gasteiger charge is 2.28. The van der Waals surface area contributed by atoms with E-state index in [0.717, 1.165) is 31.7 Å². The third-order valence-corrected chi connectivity index (χ3v) is 8.87. The molecular weight excluding hydrogens is 625 g/mol. The molecule has 0 spiro atoms. The van der Waals surface area contributed by atoms with Gasteiger partial charge >= 0.3 is 11.9 Å². The van der Waals surface area contributed by atoms with Crippen LogP contribution in [0.4, 0.5) is 0 Å². The molecule has 0 amide bonds. The van der Waals surface area contributed by atoms with Crippen molar-refractivity contribution in [3.8, 4) is 11.5 Å². The Balaban J connectivity index is 1.46. The largest absolute Gasteiger partial charge is 0.491 e. The Morgan fingerprint density at radius 3 is 1.74 bits per heavy atom. The molecule has 3 rings (SSSR count). The summed E-state index contributed by atoms with van der Waals surface area (Å²) in [5.74, 6) is 0.262. The number of esters is 2. The van der Waals surface area contributed by atoms with Crippen molar-refractivity contribution in [3.05, 3.63) is 98.1 Å². The SMILES string of the molecule is C=CC(=O)OCC(O)CC(C)(CC)Oc1ccc(Sc2ccc(Sc3ccc(OCC(O)CC(C)OC(=O)C=C)cc3)cc2)cc1. The number of rotatable bonds is 19. The van der Waals surface area contributed by atoms with E-state index in [4.69, 9.17) is 18.9 Å². The van der Waals surface area contributed by atoms with E-state index in [1.54, 1.807) is 30.4 Å². The fourth-order valence-corrected chi connectivity index (χ4v) is 5.94. The number of hydrogen-bond acceptors (Lipinski definition) is 10. The van der Waals surface area contributed by atoms with Gasteiger partial charge in [-0.05, 0) is 93.1 Å². The Morgan fingerprint density at radius 1 is 0.783 bits per heavy atom. The molecule has 0 bridgehead atoms. The number of aliphatic hydroxyl groups excluding tert-OH is 2. The van der Waals surface area contributed by atoms with Gasteiger partial charge in [0.1, 0.15) is 36.4 Å². The Morgan fingerprint density at radius 2 is 1.26 bits per heavy atom. The zero-order valence-electron chi connectivity index (χ0n) is 26.4. The van der Waals surface area contributed by atoms with Crippen molar-refractivity contribution in [3.63, 3.8) is 0 Å². The number of benzene rings is 3. The van der Waals surface area contributed by atoms with Crippen LogP contribution in [-0.4, -0.2) is 59.3 Å². The number of ether oxygens (including phenoxy) is 4. The van der Waals surface area contributed by atoms with Gasteiger partial charge in [0.2, 0.25) is 0 Å². The summed E-state index contributed by atoms with van der Waals surface area (Å²) in [7, 11) is 0. The lowest BCUT2D eigenvalue weighted by atomic mass is 9.95. The summed E-state index contributed by atoms with van der Waals surface area (Å²) in [6, 6.07) is 23.8. The highest BCUT2D eigenvalue weighted by Crippen LogP contribution is 2.34. The van der Waals surface area contributed by atoms with E-state index in [9.17, 15) is 19.8 Å². The molecule has 3 aromatic carbocycles. The molecule has 0 aliphatic rings. The summed E-state index contributed by atoms with van der Waals surface area (Å²) < 4.78 is 21.9. The number of carbonyl (C=O) groups excluding carboxylic acids is 2. The van der Waals surface area contributed by atoms with Crippen LogP contribution in [0, 0.1) is 0 Å². The summed E-state index contributed by atoms with van der Waals surface area (Å²) in [5.41, 5.74) is -0.624. The minimum absolute atomic E-state index is 0.0935. The summed E-state index contributed by atoms with van der Waals surface area (Å²) in [4.78, 5) is 26.9. The topological polar surface area (TPSA) is 112 Å². The summed E-state index contributed by atoms with van der Waals surface area (Å²) in [5, 5.41) is 20.5. The summed E-state index contributed by atoms with van der Waals surface area (Å²) in [6.45, 7) is 12.3. The maximum absolute atomic E-state index is 11.3. The van der Waals surface area contributed by atoms with Gasteiger partial charge in [-0.25, -0.2) is 9.59 Å². The lowest BCUT2D eigenvalue weighted by Crippen LogP contribution is -2.37. The second kappa shape index (κ2) is 18.4. The smallest absolute Gasteiger partial charge is 0.330 e. The van der Waals surface area contributed by atoms with Crippen LogP contribution >= 0.6 is 23.5 Å². The standard InChI is InChI=1S/C36H42O8S2/c1-6-34(39)42-24-27(38)22-36(5,8-3)44-29-11-15-31(16-12-29)46-33-19-17-32(18-20-33)45-30-13-9-28(10-14-30)41-23-26(37)21-25(4)43-35(40)7-2/h6-7,9-20,25-27,37-38H,1-2,8,21-24H2,3-5H3.